The van der Waals surface area contributed by atoms with Crippen molar-refractivity contribution in [1.82, 2.24) is 15.4 Å². The van der Waals surface area contributed by atoms with E-state index in [0.29, 0.717) is 11.1 Å². The molecule has 0 aliphatic heterocycles. The van der Waals surface area contributed by atoms with Crippen LogP contribution >= 0.6 is 15.9 Å². The van der Waals surface area contributed by atoms with Gasteiger partial charge in [0.15, 0.2) is 0 Å². The molecule has 3 N–H and O–H groups in total. The Morgan fingerprint density at radius 1 is 1.32 bits per heavy atom. The van der Waals surface area contributed by atoms with Crippen LogP contribution in [0.4, 0.5) is 0 Å². The van der Waals surface area contributed by atoms with Gasteiger partial charge in [-0.25, -0.2) is 10.4 Å². The normalized spacial score (nSPS) is 11.1. The molecule has 0 aliphatic carbocycles. The van der Waals surface area contributed by atoms with Gasteiger partial charge >= 0.3 is 0 Å². The van der Waals surface area contributed by atoms with Gasteiger partial charge in [0.05, 0.1) is 23.6 Å². The van der Waals surface area contributed by atoms with E-state index in [9.17, 15) is 9.90 Å². The topological polar surface area (TPSA) is 90.4 Å². The van der Waals surface area contributed by atoms with Crippen molar-refractivity contribution in [2.45, 2.75) is 0 Å². The molecule has 0 saturated carbocycles. The molecule has 0 unspecified atom stereocenters. The van der Waals surface area contributed by atoms with Crippen molar-refractivity contribution in [2.24, 2.45) is 5.10 Å². The third kappa shape index (κ3) is 2.99. The number of phenols is 1. The van der Waals surface area contributed by atoms with Crippen LogP contribution in [0.5, 0.6) is 5.75 Å². The molecular formula is C15H11BrN4O2. The summed E-state index contributed by atoms with van der Waals surface area (Å²) in [5, 5.41) is 13.5. The van der Waals surface area contributed by atoms with Gasteiger partial charge in [0.2, 0.25) is 0 Å². The number of hydrogen-bond donors (Lipinski definition) is 3. The summed E-state index contributed by atoms with van der Waals surface area (Å²) in [6, 6.07) is 10.1. The molecule has 7 heteroatoms. The van der Waals surface area contributed by atoms with Gasteiger partial charge in [-0.15, -0.1) is 0 Å². The first-order valence-corrected chi connectivity index (χ1v) is 7.18. The summed E-state index contributed by atoms with van der Waals surface area (Å²) in [7, 11) is 0. The van der Waals surface area contributed by atoms with Crippen LogP contribution < -0.4 is 5.43 Å². The van der Waals surface area contributed by atoms with E-state index in [1.54, 1.807) is 42.7 Å². The number of nitrogens with one attached hydrogen (secondary N) is 2. The Morgan fingerprint density at radius 3 is 3.05 bits per heavy atom. The number of amides is 1. The molecule has 0 bridgehead atoms. The second-order valence-electron chi connectivity index (χ2n) is 4.54. The Kier molecular flexibility index (Phi) is 3.88. The number of phenolic OH excluding ortho intramolecular Hbond substituents is 1. The molecule has 0 radical (unpaired) electrons. The molecule has 1 heterocycles. The van der Waals surface area contributed by atoms with Crippen LogP contribution in [0.15, 0.2) is 52.3 Å². The zero-order valence-electron chi connectivity index (χ0n) is 11.2. The fourth-order valence-electron chi connectivity index (χ4n) is 1.93. The van der Waals surface area contributed by atoms with E-state index in [1.165, 1.54) is 6.21 Å². The van der Waals surface area contributed by atoms with Crippen molar-refractivity contribution >= 4 is 39.1 Å². The van der Waals surface area contributed by atoms with Gasteiger partial charge in [-0.05, 0) is 36.4 Å². The summed E-state index contributed by atoms with van der Waals surface area (Å²) in [4.78, 5) is 19.1. The number of benzene rings is 2. The first-order chi connectivity index (χ1) is 10.6. The lowest BCUT2D eigenvalue weighted by Crippen LogP contribution is -2.17. The average Bonchev–Trinajstić information content (AvgIpc) is 2.98. The summed E-state index contributed by atoms with van der Waals surface area (Å²) in [5.74, 6) is -0.262. The highest BCUT2D eigenvalue weighted by atomic mass is 79.9. The van der Waals surface area contributed by atoms with Crippen molar-refractivity contribution in [1.29, 1.82) is 0 Å². The van der Waals surface area contributed by atoms with Crippen LogP contribution in [0.3, 0.4) is 0 Å². The number of carbonyl (C=O) groups excluding carboxylic acids is 1. The number of fused-ring (bicyclic) bond motifs is 1. The molecule has 3 aromatic rings. The third-order valence-corrected chi connectivity index (χ3v) is 3.53. The molecule has 0 aliphatic rings. The second kappa shape index (κ2) is 5.98. The standard InChI is InChI=1S/C15H11BrN4O2/c16-11-2-4-14(21)10(5-11)7-19-20-15(22)9-1-3-12-13(6-9)18-8-17-12/h1-8,21H,(H,17,18)(H,20,22)/b19-7+. The van der Waals surface area contributed by atoms with Crippen LogP contribution in [-0.4, -0.2) is 27.2 Å². The van der Waals surface area contributed by atoms with Gasteiger partial charge < -0.3 is 10.1 Å². The smallest absolute Gasteiger partial charge is 0.271 e. The number of nitrogens with zero attached hydrogens (tertiary/aromatic N) is 2. The molecule has 2 aromatic carbocycles. The Bertz CT molecular complexity index is 873. The number of carbonyl (C=O) groups is 1. The maximum Gasteiger partial charge on any atom is 0.271 e. The van der Waals surface area contributed by atoms with E-state index in [2.05, 4.69) is 36.4 Å². The summed E-state index contributed by atoms with van der Waals surface area (Å²) in [5.41, 5.74) is 4.95. The minimum absolute atomic E-state index is 0.0834. The lowest BCUT2D eigenvalue weighted by atomic mass is 10.2. The molecular weight excluding hydrogens is 348 g/mol. The molecule has 1 amide bonds. The largest absolute Gasteiger partial charge is 0.507 e. The van der Waals surface area contributed by atoms with E-state index in [0.717, 1.165) is 15.5 Å². The molecule has 0 atom stereocenters. The lowest BCUT2D eigenvalue weighted by Gasteiger charge is -2.01. The zero-order valence-corrected chi connectivity index (χ0v) is 12.8. The van der Waals surface area contributed by atoms with E-state index in [-0.39, 0.29) is 11.7 Å². The second-order valence-corrected chi connectivity index (χ2v) is 5.45. The average molecular weight is 359 g/mol. The fourth-order valence-corrected chi connectivity index (χ4v) is 2.31. The summed E-state index contributed by atoms with van der Waals surface area (Å²) in [6.07, 6.45) is 2.95. The van der Waals surface area contributed by atoms with Gasteiger partial charge in [-0.1, -0.05) is 15.9 Å². The highest BCUT2D eigenvalue weighted by Crippen LogP contribution is 2.20. The van der Waals surface area contributed by atoms with Crippen molar-refractivity contribution in [3.05, 3.63) is 58.3 Å². The minimum atomic E-state index is -0.345. The molecule has 0 saturated heterocycles. The molecule has 22 heavy (non-hydrogen) atoms. The summed E-state index contributed by atoms with van der Waals surface area (Å²) >= 11 is 3.30. The highest BCUT2D eigenvalue weighted by molar-refractivity contribution is 9.10. The Labute approximate surface area is 134 Å². The SMILES string of the molecule is O=C(N/N=C/c1cc(Br)ccc1O)c1ccc2nc[nH]c2c1. The predicted molar refractivity (Wildman–Crippen MR) is 87.0 cm³/mol. The maximum absolute atomic E-state index is 12.0. The number of aromatic hydroxyl groups is 1. The van der Waals surface area contributed by atoms with Gasteiger partial charge in [0.1, 0.15) is 5.75 Å². The Morgan fingerprint density at radius 2 is 2.18 bits per heavy atom. The Balaban J connectivity index is 1.73. The van der Waals surface area contributed by atoms with E-state index in [4.69, 9.17) is 0 Å². The molecule has 1 aromatic heterocycles. The molecule has 0 spiro atoms. The molecule has 3 rings (SSSR count). The fraction of sp³-hybridized carbons (Fsp3) is 0. The van der Waals surface area contributed by atoms with Crippen molar-refractivity contribution in [3.8, 4) is 5.75 Å². The van der Waals surface area contributed by atoms with Crippen LogP contribution in [-0.2, 0) is 0 Å². The summed E-state index contributed by atoms with van der Waals surface area (Å²) in [6.45, 7) is 0. The highest BCUT2D eigenvalue weighted by Gasteiger charge is 2.06. The lowest BCUT2D eigenvalue weighted by molar-refractivity contribution is 0.0955. The maximum atomic E-state index is 12.0. The van der Waals surface area contributed by atoms with Crippen LogP contribution in [0.2, 0.25) is 0 Å². The van der Waals surface area contributed by atoms with Gasteiger partial charge in [-0.3, -0.25) is 4.79 Å². The van der Waals surface area contributed by atoms with Gasteiger partial charge in [0.25, 0.3) is 5.91 Å². The quantitative estimate of drug-likeness (QED) is 0.496. The molecule has 6 nitrogen and oxygen atoms in total. The first kappa shape index (κ1) is 14.3. The summed E-state index contributed by atoms with van der Waals surface area (Å²) < 4.78 is 0.808. The third-order valence-electron chi connectivity index (χ3n) is 3.04. The number of hydrazone groups is 1. The number of H-pyrrole nitrogens is 1. The first-order valence-electron chi connectivity index (χ1n) is 6.38. The number of aromatic amines is 1. The zero-order chi connectivity index (χ0) is 15.5. The van der Waals surface area contributed by atoms with Gasteiger partial charge in [-0.2, -0.15) is 5.10 Å². The monoisotopic (exact) mass is 358 g/mol. The number of imidazole rings is 1. The number of hydrogen-bond acceptors (Lipinski definition) is 4. The number of rotatable bonds is 3. The van der Waals surface area contributed by atoms with E-state index < -0.39 is 0 Å². The van der Waals surface area contributed by atoms with Gasteiger partial charge in [0, 0.05) is 15.6 Å². The van der Waals surface area contributed by atoms with E-state index in [1.807, 2.05) is 0 Å². The molecule has 0 fully saturated rings. The van der Waals surface area contributed by atoms with Crippen molar-refractivity contribution < 1.29 is 9.90 Å². The molecule has 110 valence electrons. The van der Waals surface area contributed by atoms with Crippen LogP contribution in [0.1, 0.15) is 15.9 Å². The van der Waals surface area contributed by atoms with Crippen LogP contribution in [0, 0.1) is 0 Å². The van der Waals surface area contributed by atoms with E-state index >= 15 is 0 Å². The minimum Gasteiger partial charge on any atom is -0.507 e. The van der Waals surface area contributed by atoms with Crippen molar-refractivity contribution in [3.63, 3.8) is 0 Å². The van der Waals surface area contributed by atoms with Crippen LogP contribution in [0.25, 0.3) is 11.0 Å². The van der Waals surface area contributed by atoms with Crippen molar-refractivity contribution in [2.75, 3.05) is 0 Å². The Hall–Kier alpha value is -2.67. The number of aromatic nitrogens is 2. The number of halogens is 1. The predicted octanol–water partition coefficient (Wildman–Crippen LogP) is 2.79.